The van der Waals surface area contributed by atoms with E-state index in [1.54, 1.807) is 6.07 Å². The van der Waals surface area contributed by atoms with Crippen LogP contribution in [-0.2, 0) is 26.2 Å². The summed E-state index contributed by atoms with van der Waals surface area (Å²) in [4.78, 5) is 24.0. The van der Waals surface area contributed by atoms with E-state index in [9.17, 15) is 28.2 Å². The van der Waals surface area contributed by atoms with E-state index in [1.807, 2.05) is 12.1 Å². The summed E-state index contributed by atoms with van der Waals surface area (Å²) < 4.78 is 44.1. The van der Waals surface area contributed by atoms with Crippen LogP contribution in [0.25, 0.3) is 0 Å². The van der Waals surface area contributed by atoms with E-state index < -0.39 is 29.3 Å². The van der Waals surface area contributed by atoms with Gasteiger partial charge in [0.15, 0.2) is 17.6 Å². The highest BCUT2D eigenvalue weighted by Gasteiger charge is 2.72. The summed E-state index contributed by atoms with van der Waals surface area (Å²) in [7, 11) is 2.07. The molecule has 1 saturated heterocycles. The number of likely N-dealkylation sites (N-methyl/N-ethyl adjacent to an activating group) is 1. The molecule has 2 aliphatic heterocycles. The zero-order valence-corrected chi connectivity index (χ0v) is 28.6. The van der Waals surface area contributed by atoms with Crippen LogP contribution < -0.4 is 4.74 Å². The Kier molecular flexibility index (Phi) is 13.3. The van der Waals surface area contributed by atoms with E-state index in [0.29, 0.717) is 30.8 Å². The minimum atomic E-state index is -5.08. The van der Waals surface area contributed by atoms with Crippen LogP contribution in [0, 0.1) is 0 Å². The maximum absolute atomic E-state index is 12.9. The van der Waals surface area contributed by atoms with Crippen molar-refractivity contribution in [2.45, 2.75) is 158 Å². The number of carboxylic acids is 1. The van der Waals surface area contributed by atoms with Crippen LogP contribution in [0.4, 0.5) is 13.2 Å². The molecule has 11 heteroatoms. The van der Waals surface area contributed by atoms with Gasteiger partial charge in [0.25, 0.3) is 0 Å². The number of aromatic hydroxyl groups is 1. The fourth-order valence-corrected chi connectivity index (χ4v) is 8.26. The van der Waals surface area contributed by atoms with Crippen molar-refractivity contribution >= 4 is 11.9 Å². The minimum absolute atomic E-state index is 0.0424. The molecule has 48 heavy (non-hydrogen) atoms. The molecule has 2 aliphatic carbocycles. The number of nitrogens with zero attached hydrogens (tertiary/aromatic N) is 1. The van der Waals surface area contributed by atoms with Crippen LogP contribution in [-0.4, -0.2) is 69.7 Å². The molecule has 5 rings (SSSR count). The second kappa shape index (κ2) is 16.7. The fraction of sp³-hybridized carbons (Fsp3) is 0.730. The average molecular weight is 682 g/mol. The number of benzene rings is 1. The third-order valence-electron chi connectivity index (χ3n) is 10.8. The van der Waals surface area contributed by atoms with Gasteiger partial charge in [-0.3, -0.25) is 4.79 Å². The predicted molar refractivity (Wildman–Crippen MR) is 176 cm³/mol. The van der Waals surface area contributed by atoms with Gasteiger partial charge in [-0.1, -0.05) is 103 Å². The minimum Gasteiger partial charge on any atom is -0.504 e. The Morgan fingerprint density at radius 2 is 1.50 bits per heavy atom. The molecular weight excluding hydrogens is 627 g/mol. The van der Waals surface area contributed by atoms with Gasteiger partial charge in [0.2, 0.25) is 0 Å². The number of aliphatic hydroxyl groups is 1. The highest BCUT2D eigenvalue weighted by Crippen LogP contribution is 2.65. The summed E-state index contributed by atoms with van der Waals surface area (Å²) in [5.74, 6) is -1.92. The van der Waals surface area contributed by atoms with Crippen molar-refractivity contribution in [3.8, 4) is 11.5 Å². The van der Waals surface area contributed by atoms with E-state index in [0.717, 1.165) is 36.9 Å². The first kappa shape index (κ1) is 38.0. The van der Waals surface area contributed by atoms with Gasteiger partial charge in [0.1, 0.15) is 5.76 Å². The van der Waals surface area contributed by atoms with Crippen molar-refractivity contribution < 1.29 is 47.6 Å². The van der Waals surface area contributed by atoms with E-state index in [4.69, 9.17) is 19.4 Å². The van der Waals surface area contributed by atoms with Crippen LogP contribution in [0.2, 0.25) is 0 Å². The average Bonchev–Trinajstić information content (AvgIpc) is 3.40. The van der Waals surface area contributed by atoms with Gasteiger partial charge >= 0.3 is 18.1 Å². The fourth-order valence-electron chi connectivity index (χ4n) is 8.26. The van der Waals surface area contributed by atoms with Gasteiger partial charge in [0, 0.05) is 24.4 Å². The van der Waals surface area contributed by atoms with Gasteiger partial charge in [-0.2, -0.15) is 13.2 Å². The molecule has 0 radical (unpaired) electrons. The van der Waals surface area contributed by atoms with Crippen molar-refractivity contribution in [2.24, 2.45) is 0 Å². The Balaban J connectivity index is 0.000000671. The number of hydrogen-bond acceptors (Lipinski definition) is 7. The maximum atomic E-state index is 12.9. The standard InChI is InChI=1S/C35H53NO5.C2HF3O2/c1-3-4-5-6-7-8-9-10-11-12-13-14-15-16-17-18-30(38)40-28-21-22-35(39)29-25-26-19-20-27(37)32-31(26)34(35,33(28)41-32)23-24-36(29)2;3-2(4,5)1(6)7/h19-21,29,33,37,39H,3-18,22-25H2,1-2H3;(H,6,7)/t29-,33+,34+,35-;/m1./s1. The molecule has 0 aromatic heterocycles. The molecule has 1 aromatic rings. The monoisotopic (exact) mass is 681 g/mol. The number of halogens is 3. The van der Waals surface area contributed by atoms with E-state index in [2.05, 4.69) is 18.9 Å². The second-order valence-corrected chi connectivity index (χ2v) is 14.1. The summed E-state index contributed by atoms with van der Waals surface area (Å²) in [6.07, 6.45) is 17.8. The van der Waals surface area contributed by atoms with Crippen LogP contribution in [0.3, 0.4) is 0 Å². The maximum Gasteiger partial charge on any atom is 0.490 e. The number of phenols is 1. The first-order chi connectivity index (χ1) is 22.9. The Hall–Kier alpha value is -2.79. The normalized spacial score (nSPS) is 25.3. The van der Waals surface area contributed by atoms with Crippen LogP contribution in [0.1, 0.15) is 134 Å². The topological polar surface area (TPSA) is 117 Å². The number of alkyl halides is 3. The van der Waals surface area contributed by atoms with Gasteiger partial charge in [0.05, 0.1) is 11.0 Å². The van der Waals surface area contributed by atoms with Gasteiger partial charge in [-0.25, -0.2) is 4.79 Å². The zero-order chi connectivity index (χ0) is 35.0. The van der Waals surface area contributed by atoms with Gasteiger partial charge < -0.3 is 29.7 Å². The molecule has 0 saturated carbocycles. The number of carboxylic acid groups (broad SMARTS) is 1. The summed E-state index contributed by atoms with van der Waals surface area (Å²) in [6, 6.07) is 3.61. The molecular formula is C37H54F3NO7. The lowest BCUT2D eigenvalue weighted by molar-refractivity contribution is -0.192. The molecule has 270 valence electrons. The highest BCUT2D eigenvalue weighted by molar-refractivity contribution is 5.73. The molecule has 2 bridgehead atoms. The van der Waals surface area contributed by atoms with Gasteiger partial charge in [-0.05, 0) is 50.6 Å². The number of carbonyl (C=O) groups is 2. The number of unbranched alkanes of at least 4 members (excludes halogenated alkanes) is 14. The molecule has 4 atom stereocenters. The second-order valence-electron chi connectivity index (χ2n) is 14.1. The van der Waals surface area contributed by atoms with Crippen LogP contribution in [0.5, 0.6) is 11.5 Å². The number of rotatable bonds is 17. The number of hydrogen-bond donors (Lipinski definition) is 3. The Morgan fingerprint density at radius 1 is 0.958 bits per heavy atom. The SMILES string of the molecule is CCCCCCCCCCCCCCCCCC(=O)OC1=CC[C@@]2(O)[C@H]3Cc4ccc(O)c5c4[C@@]2(CCN3C)[C@H]1O5.O=C(O)C(F)(F)F. The summed E-state index contributed by atoms with van der Waals surface area (Å²) >= 11 is 0. The number of esters is 1. The van der Waals surface area contributed by atoms with Crippen molar-refractivity contribution in [1.82, 2.24) is 4.90 Å². The smallest absolute Gasteiger partial charge is 0.490 e. The van der Waals surface area contributed by atoms with E-state index in [1.165, 1.54) is 83.5 Å². The molecule has 8 nitrogen and oxygen atoms in total. The molecule has 2 heterocycles. The predicted octanol–water partition coefficient (Wildman–Crippen LogP) is 8.11. The summed E-state index contributed by atoms with van der Waals surface area (Å²) in [5, 5.41) is 30.0. The van der Waals surface area contributed by atoms with Crippen molar-refractivity contribution in [2.75, 3.05) is 13.6 Å². The first-order valence-corrected chi connectivity index (χ1v) is 18.0. The quantitative estimate of drug-likeness (QED) is 0.112. The third kappa shape index (κ3) is 8.32. The van der Waals surface area contributed by atoms with Crippen LogP contribution in [0.15, 0.2) is 24.0 Å². The number of likely N-dealkylation sites (tertiary alicyclic amines) is 1. The molecule has 4 aliphatic rings. The van der Waals surface area contributed by atoms with E-state index in [-0.39, 0.29) is 17.8 Å². The largest absolute Gasteiger partial charge is 0.504 e. The molecule has 0 amide bonds. The lowest BCUT2D eigenvalue weighted by Gasteiger charge is -2.61. The summed E-state index contributed by atoms with van der Waals surface area (Å²) in [6.45, 7) is 3.09. The summed E-state index contributed by atoms with van der Waals surface area (Å²) in [5.41, 5.74) is 0.316. The third-order valence-corrected chi connectivity index (χ3v) is 10.8. The Morgan fingerprint density at radius 3 is 2.04 bits per heavy atom. The number of piperidine rings is 1. The Bertz CT molecular complexity index is 1280. The van der Waals surface area contributed by atoms with Gasteiger partial charge in [-0.15, -0.1) is 0 Å². The van der Waals surface area contributed by atoms with Crippen LogP contribution >= 0.6 is 0 Å². The Labute approximate surface area is 282 Å². The number of aliphatic carboxylic acids is 1. The van der Waals surface area contributed by atoms with Crippen molar-refractivity contribution in [3.63, 3.8) is 0 Å². The number of carbonyl (C=O) groups excluding carboxylic acids is 1. The first-order valence-electron chi connectivity index (χ1n) is 18.0. The molecule has 0 unspecified atom stereocenters. The lowest BCUT2D eigenvalue weighted by atomic mass is 9.50. The molecule has 3 N–H and O–H groups in total. The van der Waals surface area contributed by atoms with Crippen molar-refractivity contribution in [3.05, 3.63) is 35.1 Å². The number of ether oxygens (including phenoxy) is 2. The zero-order valence-electron chi connectivity index (χ0n) is 28.6. The molecule has 1 spiro atoms. The molecule has 1 aromatic carbocycles. The highest BCUT2D eigenvalue weighted by atomic mass is 19.4. The molecule has 1 fully saturated rings. The number of phenolic OH excluding ortho intramolecular Hbond substituents is 1. The van der Waals surface area contributed by atoms with E-state index >= 15 is 0 Å². The lowest BCUT2D eigenvalue weighted by Crippen LogP contribution is -2.74. The van der Waals surface area contributed by atoms with Crippen molar-refractivity contribution in [1.29, 1.82) is 0 Å².